The molecule has 0 saturated carbocycles. The number of hydrogen-bond acceptors (Lipinski definition) is 5. The second-order valence-corrected chi connectivity index (χ2v) is 5.13. The maximum atomic E-state index is 13.8. The number of amides is 1. The zero-order chi connectivity index (χ0) is 15.5. The minimum Gasteiger partial charge on any atom is -0.375 e. The summed E-state index contributed by atoms with van der Waals surface area (Å²) in [6.07, 6.45) is 1.38. The van der Waals surface area contributed by atoms with Crippen LogP contribution in [0.5, 0.6) is 0 Å². The van der Waals surface area contributed by atoms with Gasteiger partial charge in [-0.1, -0.05) is 6.07 Å². The topological polar surface area (TPSA) is 58.6 Å². The van der Waals surface area contributed by atoms with E-state index in [0.29, 0.717) is 42.9 Å². The molecule has 1 aliphatic heterocycles. The van der Waals surface area contributed by atoms with E-state index >= 15 is 0 Å². The maximum Gasteiger partial charge on any atom is 0.248 e. The summed E-state index contributed by atoms with van der Waals surface area (Å²) in [6, 6.07) is 4.86. The third kappa shape index (κ3) is 2.71. The summed E-state index contributed by atoms with van der Waals surface area (Å²) in [5, 5.41) is 0.694. The Kier molecular flexibility index (Phi) is 4.15. The first-order valence-corrected chi connectivity index (χ1v) is 7.11. The number of piperazine rings is 1. The molecule has 1 amide bonds. The largest absolute Gasteiger partial charge is 0.375 e. The Hall–Kier alpha value is -2.28. The van der Waals surface area contributed by atoms with Crippen molar-refractivity contribution >= 4 is 22.6 Å². The van der Waals surface area contributed by atoms with E-state index in [0.717, 1.165) is 0 Å². The second kappa shape index (κ2) is 6.23. The van der Waals surface area contributed by atoms with E-state index in [1.165, 1.54) is 19.5 Å². The smallest absolute Gasteiger partial charge is 0.248 e. The minimum atomic E-state index is -0.352. The molecule has 116 valence electrons. The summed E-state index contributed by atoms with van der Waals surface area (Å²) in [4.78, 5) is 23.9. The Labute approximate surface area is 127 Å². The number of carbonyl (C=O) groups is 1. The summed E-state index contributed by atoms with van der Waals surface area (Å²) in [5.74, 6) is 0.346. The molecular formula is C15H17FN4O2. The molecule has 3 rings (SSSR count). The van der Waals surface area contributed by atoms with Gasteiger partial charge in [-0.15, -0.1) is 0 Å². The van der Waals surface area contributed by atoms with Crippen LogP contribution in [0.15, 0.2) is 24.5 Å². The molecule has 2 heterocycles. The van der Waals surface area contributed by atoms with Crippen molar-refractivity contribution in [3.63, 3.8) is 0 Å². The van der Waals surface area contributed by atoms with E-state index in [4.69, 9.17) is 4.74 Å². The lowest BCUT2D eigenvalue weighted by molar-refractivity contribution is -0.135. The Morgan fingerprint density at radius 3 is 2.77 bits per heavy atom. The third-order valence-corrected chi connectivity index (χ3v) is 3.79. The van der Waals surface area contributed by atoms with Crippen LogP contribution >= 0.6 is 0 Å². The van der Waals surface area contributed by atoms with Crippen molar-refractivity contribution in [1.29, 1.82) is 0 Å². The number of nitrogens with zero attached hydrogens (tertiary/aromatic N) is 4. The van der Waals surface area contributed by atoms with Gasteiger partial charge in [0, 0.05) is 38.7 Å². The van der Waals surface area contributed by atoms with E-state index in [1.807, 2.05) is 6.07 Å². The molecule has 1 aliphatic rings. The van der Waals surface area contributed by atoms with Crippen LogP contribution in [0.3, 0.4) is 0 Å². The lowest BCUT2D eigenvalue weighted by Gasteiger charge is -2.35. The van der Waals surface area contributed by atoms with Gasteiger partial charge < -0.3 is 14.5 Å². The van der Waals surface area contributed by atoms with E-state index in [9.17, 15) is 9.18 Å². The van der Waals surface area contributed by atoms with Gasteiger partial charge in [-0.05, 0) is 12.1 Å². The van der Waals surface area contributed by atoms with Crippen LogP contribution in [0.2, 0.25) is 0 Å². The first-order valence-electron chi connectivity index (χ1n) is 7.11. The van der Waals surface area contributed by atoms with Crippen LogP contribution in [0.4, 0.5) is 10.2 Å². The van der Waals surface area contributed by atoms with Crippen LogP contribution in [0.25, 0.3) is 10.9 Å². The number of ether oxygens (including phenoxy) is 1. The number of benzene rings is 1. The molecule has 1 saturated heterocycles. The van der Waals surface area contributed by atoms with Crippen LogP contribution in [-0.2, 0) is 9.53 Å². The summed E-state index contributed by atoms with van der Waals surface area (Å²) < 4.78 is 18.7. The molecular weight excluding hydrogens is 287 g/mol. The van der Waals surface area contributed by atoms with Crippen LogP contribution in [0.1, 0.15) is 0 Å². The minimum absolute atomic E-state index is 0.0132. The molecule has 1 fully saturated rings. The number of carbonyl (C=O) groups excluding carboxylic acids is 1. The molecule has 0 spiro atoms. The monoisotopic (exact) mass is 304 g/mol. The van der Waals surface area contributed by atoms with Crippen molar-refractivity contribution < 1.29 is 13.9 Å². The van der Waals surface area contributed by atoms with Crippen molar-refractivity contribution in [2.45, 2.75) is 0 Å². The number of para-hydroxylation sites is 1. The molecule has 2 aromatic rings. The lowest BCUT2D eigenvalue weighted by atomic mass is 10.2. The molecule has 0 bridgehead atoms. The van der Waals surface area contributed by atoms with E-state index in [2.05, 4.69) is 14.9 Å². The fraction of sp³-hybridized carbons (Fsp3) is 0.400. The standard InChI is InChI=1S/C15H17FN4O2/c1-22-9-13(21)19-5-7-20(8-6-19)15-11-3-2-4-12(16)14(11)17-10-18-15/h2-4,10H,5-9H2,1H3. The predicted molar refractivity (Wildman–Crippen MR) is 80.2 cm³/mol. The highest BCUT2D eigenvalue weighted by molar-refractivity contribution is 5.89. The Morgan fingerprint density at radius 1 is 1.27 bits per heavy atom. The molecule has 0 radical (unpaired) electrons. The Bertz CT molecular complexity index is 686. The molecule has 22 heavy (non-hydrogen) atoms. The highest BCUT2D eigenvalue weighted by Crippen LogP contribution is 2.25. The number of methoxy groups -OCH3 is 1. The Morgan fingerprint density at radius 2 is 2.05 bits per heavy atom. The number of rotatable bonds is 3. The normalized spacial score (nSPS) is 15.4. The molecule has 0 unspecified atom stereocenters. The number of halogens is 1. The van der Waals surface area contributed by atoms with Crippen LogP contribution < -0.4 is 4.90 Å². The summed E-state index contributed by atoms with van der Waals surface area (Å²) in [7, 11) is 1.51. The molecule has 0 aliphatic carbocycles. The van der Waals surface area contributed by atoms with Gasteiger partial charge >= 0.3 is 0 Å². The molecule has 6 nitrogen and oxygen atoms in total. The first kappa shape index (κ1) is 14.6. The van der Waals surface area contributed by atoms with Gasteiger partial charge in [-0.2, -0.15) is 0 Å². The zero-order valence-corrected chi connectivity index (χ0v) is 12.3. The quantitative estimate of drug-likeness (QED) is 0.849. The fourth-order valence-electron chi connectivity index (χ4n) is 2.67. The second-order valence-electron chi connectivity index (χ2n) is 5.13. The van der Waals surface area contributed by atoms with Crippen molar-refractivity contribution in [2.75, 3.05) is 44.8 Å². The molecule has 1 aromatic carbocycles. The highest BCUT2D eigenvalue weighted by Gasteiger charge is 2.23. The summed E-state index contributed by atoms with van der Waals surface area (Å²) in [5.41, 5.74) is 0.324. The maximum absolute atomic E-state index is 13.8. The van der Waals surface area contributed by atoms with Crippen LogP contribution in [-0.4, -0.2) is 60.7 Å². The number of fused-ring (bicyclic) bond motifs is 1. The van der Waals surface area contributed by atoms with Crippen molar-refractivity contribution in [1.82, 2.24) is 14.9 Å². The summed E-state index contributed by atoms with van der Waals surface area (Å²) >= 11 is 0. The van der Waals surface area contributed by atoms with Gasteiger partial charge in [-0.25, -0.2) is 14.4 Å². The average molecular weight is 304 g/mol. The Balaban J connectivity index is 1.80. The van der Waals surface area contributed by atoms with Gasteiger partial charge in [0.15, 0.2) is 0 Å². The van der Waals surface area contributed by atoms with Crippen molar-refractivity contribution in [3.8, 4) is 0 Å². The van der Waals surface area contributed by atoms with Crippen molar-refractivity contribution in [3.05, 3.63) is 30.3 Å². The number of hydrogen-bond donors (Lipinski definition) is 0. The van der Waals surface area contributed by atoms with Gasteiger partial charge in [0.1, 0.15) is 30.1 Å². The third-order valence-electron chi connectivity index (χ3n) is 3.79. The van der Waals surface area contributed by atoms with Crippen LogP contribution in [0, 0.1) is 5.82 Å². The fourth-order valence-corrected chi connectivity index (χ4v) is 2.67. The van der Waals surface area contributed by atoms with Gasteiger partial charge in [-0.3, -0.25) is 4.79 Å². The summed E-state index contributed by atoms with van der Waals surface area (Å²) in [6.45, 7) is 2.60. The average Bonchev–Trinajstić information content (AvgIpc) is 2.55. The van der Waals surface area contributed by atoms with E-state index in [-0.39, 0.29) is 18.3 Å². The molecule has 1 aromatic heterocycles. The highest BCUT2D eigenvalue weighted by atomic mass is 19.1. The zero-order valence-electron chi connectivity index (χ0n) is 12.3. The predicted octanol–water partition coefficient (Wildman–Crippen LogP) is 1.06. The van der Waals surface area contributed by atoms with Gasteiger partial charge in [0.05, 0.1) is 0 Å². The molecule has 7 heteroatoms. The van der Waals surface area contributed by atoms with Gasteiger partial charge in [0.2, 0.25) is 5.91 Å². The molecule has 0 N–H and O–H groups in total. The lowest BCUT2D eigenvalue weighted by Crippen LogP contribution is -2.50. The SMILES string of the molecule is COCC(=O)N1CCN(c2ncnc3c(F)cccc23)CC1. The number of aromatic nitrogens is 2. The van der Waals surface area contributed by atoms with E-state index in [1.54, 1.807) is 11.0 Å². The van der Waals surface area contributed by atoms with Gasteiger partial charge in [0.25, 0.3) is 0 Å². The first-order chi connectivity index (χ1) is 10.7. The number of anilines is 1. The molecule has 0 atom stereocenters. The van der Waals surface area contributed by atoms with E-state index < -0.39 is 0 Å². The van der Waals surface area contributed by atoms with Crippen molar-refractivity contribution in [2.24, 2.45) is 0 Å².